The monoisotopic (exact) mass is 435 g/mol. The smallest absolute Gasteiger partial charge is 0.260 e. The van der Waals surface area contributed by atoms with Crippen LogP contribution in [-0.4, -0.2) is 61.5 Å². The zero-order valence-corrected chi connectivity index (χ0v) is 19.0. The molecule has 0 saturated carbocycles. The summed E-state index contributed by atoms with van der Waals surface area (Å²) in [6.45, 7) is 10.5. The highest BCUT2D eigenvalue weighted by Gasteiger charge is 2.34. The third-order valence-corrected chi connectivity index (χ3v) is 7.36. The number of nitrogens with zero attached hydrogens (tertiary/aromatic N) is 3. The summed E-state index contributed by atoms with van der Waals surface area (Å²) in [5.41, 5.74) is 1.47. The van der Waals surface area contributed by atoms with E-state index in [2.05, 4.69) is 25.9 Å². The Kier molecular flexibility index (Phi) is 6.24. The van der Waals surface area contributed by atoms with Gasteiger partial charge in [0, 0.05) is 26.2 Å². The van der Waals surface area contributed by atoms with Crippen molar-refractivity contribution >= 4 is 15.9 Å². The molecule has 2 heterocycles. The molecule has 8 nitrogen and oxygen atoms in total. The van der Waals surface area contributed by atoms with Gasteiger partial charge in [-0.2, -0.15) is 4.31 Å². The maximum absolute atomic E-state index is 12.9. The Labute approximate surface area is 177 Å². The molecule has 1 aliphatic heterocycles. The van der Waals surface area contributed by atoms with E-state index < -0.39 is 10.0 Å². The number of rotatable bonds is 5. The number of carbonyl (C=O) groups excluding carboxylic acids is 1. The number of ether oxygens (including phenoxy) is 1. The van der Waals surface area contributed by atoms with Crippen LogP contribution in [0.3, 0.4) is 0 Å². The van der Waals surface area contributed by atoms with Crippen LogP contribution in [0.5, 0.6) is 5.75 Å². The zero-order valence-electron chi connectivity index (χ0n) is 18.1. The minimum Gasteiger partial charge on any atom is -0.484 e. The van der Waals surface area contributed by atoms with Gasteiger partial charge in [0.1, 0.15) is 16.3 Å². The minimum atomic E-state index is -3.70. The van der Waals surface area contributed by atoms with Gasteiger partial charge in [0.25, 0.3) is 5.91 Å². The molecule has 30 heavy (non-hydrogen) atoms. The van der Waals surface area contributed by atoms with Gasteiger partial charge >= 0.3 is 0 Å². The number of carbonyl (C=O) groups is 1. The molecule has 1 amide bonds. The number of benzene rings is 1. The van der Waals surface area contributed by atoms with Gasteiger partial charge in [-0.1, -0.05) is 38.1 Å². The predicted molar refractivity (Wildman–Crippen MR) is 112 cm³/mol. The maximum Gasteiger partial charge on any atom is 0.260 e. The number of piperazine rings is 1. The summed E-state index contributed by atoms with van der Waals surface area (Å²) in [7, 11) is -3.70. The molecule has 2 aromatic rings. The molecule has 0 radical (unpaired) electrons. The number of aryl methyl sites for hydroxylation is 2. The lowest BCUT2D eigenvalue weighted by atomic mass is 9.87. The highest BCUT2D eigenvalue weighted by molar-refractivity contribution is 7.89. The van der Waals surface area contributed by atoms with E-state index in [1.54, 1.807) is 18.7 Å². The fourth-order valence-electron chi connectivity index (χ4n) is 3.44. The van der Waals surface area contributed by atoms with Crippen molar-refractivity contribution in [2.45, 2.75) is 44.9 Å². The first-order chi connectivity index (χ1) is 14.0. The van der Waals surface area contributed by atoms with Crippen LogP contribution in [-0.2, 0) is 20.2 Å². The van der Waals surface area contributed by atoms with Crippen molar-refractivity contribution in [3.63, 3.8) is 0 Å². The summed E-state index contributed by atoms with van der Waals surface area (Å²) in [6, 6.07) is 7.73. The first-order valence-electron chi connectivity index (χ1n) is 9.94. The summed E-state index contributed by atoms with van der Waals surface area (Å²) < 4.78 is 37.8. The van der Waals surface area contributed by atoms with Crippen molar-refractivity contribution in [1.82, 2.24) is 14.4 Å². The molecule has 0 atom stereocenters. The molecular formula is C21H29N3O5S. The highest BCUT2D eigenvalue weighted by atomic mass is 32.2. The van der Waals surface area contributed by atoms with Gasteiger partial charge in [-0.05, 0) is 37.0 Å². The molecule has 0 aliphatic carbocycles. The van der Waals surface area contributed by atoms with Crippen molar-refractivity contribution < 1.29 is 22.5 Å². The van der Waals surface area contributed by atoms with Gasteiger partial charge in [-0.25, -0.2) is 8.42 Å². The predicted octanol–water partition coefficient (Wildman–Crippen LogP) is 2.50. The largest absolute Gasteiger partial charge is 0.484 e. The lowest BCUT2D eigenvalue weighted by molar-refractivity contribution is -0.134. The topological polar surface area (TPSA) is 93.0 Å². The second-order valence-corrected chi connectivity index (χ2v) is 10.4. The fourth-order valence-corrected chi connectivity index (χ4v) is 5.15. The van der Waals surface area contributed by atoms with E-state index in [0.717, 1.165) is 5.56 Å². The summed E-state index contributed by atoms with van der Waals surface area (Å²) in [6.07, 6.45) is 0. The minimum absolute atomic E-state index is 0.00753. The lowest BCUT2D eigenvalue weighted by Gasteiger charge is -2.33. The summed E-state index contributed by atoms with van der Waals surface area (Å²) in [4.78, 5) is 14.3. The average molecular weight is 436 g/mol. The van der Waals surface area contributed by atoms with Crippen LogP contribution >= 0.6 is 0 Å². The SMILES string of the molecule is Cc1noc(C)c1S(=O)(=O)N1CCN(C(=O)COc2cccc(C(C)(C)C)c2)CC1. The number of hydrogen-bond acceptors (Lipinski definition) is 6. The van der Waals surface area contributed by atoms with Crippen LogP contribution in [0.15, 0.2) is 33.7 Å². The van der Waals surface area contributed by atoms with Crippen LogP contribution in [0.25, 0.3) is 0 Å². The van der Waals surface area contributed by atoms with Gasteiger partial charge in [-0.15, -0.1) is 0 Å². The van der Waals surface area contributed by atoms with E-state index in [4.69, 9.17) is 9.26 Å². The Morgan fingerprint density at radius 3 is 2.40 bits per heavy atom. The third-order valence-electron chi connectivity index (χ3n) is 5.22. The van der Waals surface area contributed by atoms with Gasteiger partial charge in [0.2, 0.25) is 10.0 Å². The second-order valence-electron chi connectivity index (χ2n) is 8.50. The summed E-state index contributed by atoms with van der Waals surface area (Å²) in [5.74, 6) is 0.762. The van der Waals surface area contributed by atoms with Crippen molar-refractivity contribution in [3.05, 3.63) is 41.3 Å². The molecule has 1 aliphatic rings. The number of hydrogen-bond donors (Lipinski definition) is 0. The highest BCUT2D eigenvalue weighted by Crippen LogP contribution is 2.26. The van der Waals surface area contributed by atoms with Gasteiger partial charge in [0.05, 0.1) is 0 Å². The van der Waals surface area contributed by atoms with Crippen molar-refractivity contribution in [2.75, 3.05) is 32.8 Å². The van der Waals surface area contributed by atoms with Crippen molar-refractivity contribution in [3.8, 4) is 5.75 Å². The number of amides is 1. The van der Waals surface area contributed by atoms with Crippen LogP contribution in [0.1, 0.15) is 37.8 Å². The molecule has 9 heteroatoms. The Balaban J connectivity index is 1.57. The quantitative estimate of drug-likeness (QED) is 0.716. The molecule has 0 N–H and O–H groups in total. The van der Waals surface area contributed by atoms with Crippen LogP contribution in [0.4, 0.5) is 0 Å². The molecule has 1 fully saturated rings. The molecule has 164 valence electrons. The van der Waals surface area contributed by atoms with E-state index in [9.17, 15) is 13.2 Å². The second kappa shape index (κ2) is 8.39. The first kappa shape index (κ1) is 22.3. The standard InChI is InChI=1S/C21H29N3O5S/c1-15-20(16(2)29-22-15)30(26,27)24-11-9-23(10-12-24)19(25)14-28-18-8-6-7-17(13-18)21(3,4)5/h6-8,13H,9-12,14H2,1-5H3. The molecule has 3 rings (SSSR count). The molecule has 0 unspecified atom stereocenters. The van der Waals surface area contributed by atoms with E-state index in [1.807, 2.05) is 24.3 Å². The lowest BCUT2D eigenvalue weighted by Crippen LogP contribution is -2.51. The molecule has 1 aromatic heterocycles. The van der Waals surface area contributed by atoms with E-state index >= 15 is 0 Å². The Hall–Kier alpha value is -2.39. The van der Waals surface area contributed by atoms with Crippen LogP contribution in [0, 0.1) is 13.8 Å². The molecule has 1 aromatic carbocycles. The molecular weight excluding hydrogens is 406 g/mol. The fraction of sp³-hybridized carbons (Fsp3) is 0.524. The molecule has 0 spiro atoms. The Bertz CT molecular complexity index is 996. The number of aromatic nitrogens is 1. The maximum atomic E-state index is 12.9. The Morgan fingerprint density at radius 1 is 1.17 bits per heavy atom. The van der Waals surface area contributed by atoms with Gasteiger partial charge < -0.3 is 14.2 Å². The van der Waals surface area contributed by atoms with E-state index in [0.29, 0.717) is 24.5 Å². The van der Waals surface area contributed by atoms with E-state index in [1.165, 1.54) is 4.31 Å². The molecule has 1 saturated heterocycles. The molecule has 0 bridgehead atoms. The normalized spacial score (nSPS) is 16.0. The van der Waals surface area contributed by atoms with Gasteiger partial charge in [0.15, 0.2) is 12.4 Å². The zero-order chi connectivity index (χ0) is 22.1. The number of sulfonamides is 1. The third kappa shape index (κ3) is 4.67. The van der Waals surface area contributed by atoms with Crippen molar-refractivity contribution in [2.24, 2.45) is 0 Å². The van der Waals surface area contributed by atoms with E-state index in [-0.39, 0.29) is 41.7 Å². The van der Waals surface area contributed by atoms with Crippen LogP contribution < -0.4 is 4.74 Å². The summed E-state index contributed by atoms with van der Waals surface area (Å²) >= 11 is 0. The van der Waals surface area contributed by atoms with Crippen molar-refractivity contribution in [1.29, 1.82) is 0 Å². The van der Waals surface area contributed by atoms with Crippen LogP contribution in [0.2, 0.25) is 0 Å². The van der Waals surface area contributed by atoms with Gasteiger partial charge in [-0.3, -0.25) is 4.79 Å². The summed E-state index contributed by atoms with van der Waals surface area (Å²) in [5, 5.41) is 3.73. The first-order valence-corrected chi connectivity index (χ1v) is 11.4. The Morgan fingerprint density at radius 2 is 1.83 bits per heavy atom. The average Bonchev–Trinajstić information content (AvgIpc) is 3.04.